The monoisotopic (exact) mass is 331 g/mol. The molecule has 6 nitrogen and oxygen atoms in total. The standard InChI is InChI=1S/C13H21N3O3S2/c1-20(2,17)15-21(18,19)16-9-12(8-14)13(10-16)11-6-4-3-5-7-11/h3-7,12-13H,8-10,14H2,1-2H3/t12-,13+/m1/s1. The van der Waals surface area contributed by atoms with Crippen LogP contribution in [0.15, 0.2) is 34.1 Å². The zero-order valence-electron chi connectivity index (χ0n) is 12.2. The number of benzene rings is 1. The van der Waals surface area contributed by atoms with E-state index in [-0.39, 0.29) is 11.8 Å². The summed E-state index contributed by atoms with van der Waals surface area (Å²) in [6.07, 6.45) is 2.63. The summed E-state index contributed by atoms with van der Waals surface area (Å²) < 4.78 is 40.9. The molecule has 0 saturated carbocycles. The lowest BCUT2D eigenvalue weighted by Gasteiger charge is -2.16. The van der Waals surface area contributed by atoms with Crippen LogP contribution in [-0.4, -0.2) is 49.1 Å². The van der Waals surface area contributed by atoms with Crippen LogP contribution in [0.25, 0.3) is 0 Å². The quantitative estimate of drug-likeness (QED) is 0.876. The summed E-state index contributed by atoms with van der Waals surface area (Å²) in [5.41, 5.74) is 6.85. The van der Waals surface area contributed by atoms with E-state index in [0.29, 0.717) is 19.6 Å². The van der Waals surface area contributed by atoms with E-state index in [0.717, 1.165) is 5.56 Å². The molecular weight excluding hydrogens is 310 g/mol. The fourth-order valence-corrected chi connectivity index (χ4v) is 5.53. The Bertz CT molecular complexity index is 701. The van der Waals surface area contributed by atoms with Gasteiger partial charge in [0.1, 0.15) is 0 Å². The second-order valence-electron chi connectivity index (χ2n) is 5.56. The van der Waals surface area contributed by atoms with Crippen molar-refractivity contribution in [1.82, 2.24) is 4.31 Å². The summed E-state index contributed by atoms with van der Waals surface area (Å²) in [4.78, 5) is 0. The van der Waals surface area contributed by atoms with Crippen LogP contribution in [0.2, 0.25) is 0 Å². The molecule has 0 spiro atoms. The normalized spacial score (nSPS) is 24.1. The Balaban J connectivity index is 2.30. The topological polar surface area (TPSA) is 92.8 Å². The molecule has 118 valence electrons. The number of hydrogen-bond donors (Lipinski definition) is 1. The van der Waals surface area contributed by atoms with E-state index in [9.17, 15) is 12.6 Å². The summed E-state index contributed by atoms with van der Waals surface area (Å²) >= 11 is 0. The molecule has 0 aromatic heterocycles. The molecule has 0 aliphatic carbocycles. The third-order valence-electron chi connectivity index (χ3n) is 3.54. The second-order valence-corrected chi connectivity index (χ2v) is 9.93. The van der Waals surface area contributed by atoms with Gasteiger partial charge in [-0.3, -0.25) is 0 Å². The summed E-state index contributed by atoms with van der Waals surface area (Å²) in [6.45, 7) is 1.05. The lowest BCUT2D eigenvalue weighted by molar-refractivity contribution is 0.460. The minimum Gasteiger partial charge on any atom is -0.330 e. The number of nitrogens with two attached hydrogens (primary N) is 1. The van der Waals surface area contributed by atoms with Crippen molar-refractivity contribution in [2.24, 2.45) is 15.4 Å². The molecule has 2 rings (SSSR count). The van der Waals surface area contributed by atoms with Crippen LogP contribution in [0.3, 0.4) is 0 Å². The van der Waals surface area contributed by atoms with Gasteiger partial charge in [-0.25, -0.2) is 4.21 Å². The molecule has 1 aliphatic rings. The average Bonchev–Trinajstić information content (AvgIpc) is 2.82. The van der Waals surface area contributed by atoms with Gasteiger partial charge in [-0.15, -0.1) is 0 Å². The first-order chi connectivity index (χ1) is 9.73. The van der Waals surface area contributed by atoms with Gasteiger partial charge in [-0.1, -0.05) is 34.1 Å². The van der Waals surface area contributed by atoms with E-state index < -0.39 is 19.9 Å². The Morgan fingerprint density at radius 3 is 2.33 bits per heavy atom. The minimum atomic E-state index is -3.87. The zero-order chi connectivity index (χ0) is 15.7. The van der Waals surface area contributed by atoms with Crippen molar-refractivity contribution in [2.45, 2.75) is 5.92 Å². The van der Waals surface area contributed by atoms with Crippen molar-refractivity contribution in [1.29, 1.82) is 0 Å². The first kappa shape index (κ1) is 16.4. The third-order valence-corrected chi connectivity index (χ3v) is 6.68. The highest BCUT2D eigenvalue weighted by Gasteiger charge is 2.38. The SMILES string of the molecule is CS(C)(=O)=NS(=O)(=O)N1C[C@@H](CN)[C@H](c2ccccc2)C1. The first-order valence-corrected chi connectivity index (χ1v) is 10.4. The van der Waals surface area contributed by atoms with Crippen LogP contribution in [0.4, 0.5) is 0 Å². The molecule has 1 saturated heterocycles. The Kier molecular flexibility index (Phi) is 4.72. The highest BCUT2D eigenvalue weighted by Crippen LogP contribution is 2.33. The number of hydrogen-bond acceptors (Lipinski definition) is 4. The number of rotatable bonds is 4. The Hall–Kier alpha value is -0.960. The van der Waals surface area contributed by atoms with Crippen LogP contribution in [0.5, 0.6) is 0 Å². The van der Waals surface area contributed by atoms with Crippen molar-refractivity contribution in [3.8, 4) is 0 Å². The summed E-state index contributed by atoms with van der Waals surface area (Å²) in [5, 5.41) is 0. The van der Waals surface area contributed by atoms with Crippen LogP contribution < -0.4 is 5.73 Å². The van der Waals surface area contributed by atoms with E-state index in [1.165, 1.54) is 16.8 Å². The van der Waals surface area contributed by atoms with Gasteiger partial charge in [-0.2, -0.15) is 12.7 Å². The molecule has 1 fully saturated rings. The molecule has 8 heteroatoms. The molecule has 2 N–H and O–H groups in total. The van der Waals surface area contributed by atoms with Crippen LogP contribution in [-0.2, 0) is 19.9 Å². The van der Waals surface area contributed by atoms with Gasteiger partial charge in [0.15, 0.2) is 0 Å². The van der Waals surface area contributed by atoms with Gasteiger partial charge >= 0.3 is 10.2 Å². The molecule has 0 amide bonds. The summed E-state index contributed by atoms with van der Waals surface area (Å²) in [6, 6.07) is 9.72. The maximum absolute atomic E-state index is 12.2. The Morgan fingerprint density at radius 2 is 1.81 bits per heavy atom. The third kappa shape index (κ3) is 4.03. The van der Waals surface area contributed by atoms with Crippen LogP contribution in [0.1, 0.15) is 11.5 Å². The fraction of sp³-hybridized carbons (Fsp3) is 0.538. The van der Waals surface area contributed by atoms with Crippen molar-refractivity contribution in [2.75, 3.05) is 32.1 Å². The molecule has 2 atom stereocenters. The molecule has 1 aromatic rings. The molecule has 1 aliphatic heterocycles. The van der Waals surface area contributed by atoms with E-state index in [2.05, 4.69) is 3.77 Å². The van der Waals surface area contributed by atoms with Gasteiger partial charge in [-0.05, 0) is 18.0 Å². The fourth-order valence-electron chi connectivity index (χ4n) is 2.61. The van der Waals surface area contributed by atoms with E-state index >= 15 is 0 Å². The first-order valence-electron chi connectivity index (χ1n) is 6.66. The largest absolute Gasteiger partial charge is 0.330 e. The molecule has 0 radical (unpaired) electrons. The van der Waals surface area contributed by atoms with E-state index in [1.54, 1.807) is 0 Å². The van der Waals surface area contributed by atoms with Crippen molar-refractivity contribution >= 4 is 19.9 Å². The molecule has 21 heavy (non-hydrogen) atoms. The zero-order valence-corrected chi connectivity index (χ0v) is 13.8. The van der Waals surface area contributed by atoms with Crippen LogP contribution in [0, 0.1) is 5.92 Å². The lowest BCUT2D eigenvalue weighted by atomic mass is 9.89. The maximum atomic E-state index is 12.2. The van der Waals surface area contributed by atoms with Gasteiger partial charge in [0.05, 0.1) is 9.73 Å². The predicted molar refractivity (Wildman–Crippen MR) is 84.6 cm³/mol. The van der Waals surface area contributed by atoms with Gasteiger partial charge in [0.25, 0.3) is 0 Å². The van der Waals surface area contributed by atoms with E-state index in [1.807, 2.05) is 30.3 Å². The van der Waals surface area contributed by atoms with E-state index in [4.69, 9.17) is 5.73 Å². The molecule has 1 aromatic carbocycles. The van der Waals surface area contributed by atoms with Crippen molar-refractivity contribution < 1.29 is 12.6 Å². The minimum absolute atomic E-state index is 0.0436. The highest BCUT2D eigenvalue weighted by molar-refractivity contribution is 8.01. The average molecular weight is 331 g/mol. The van der Waals surface area contributed by atoms with Gasteiger partial charge in [0, 0.05) is 31.5 Å². The predicted octanol–water partition coefficient (Wildman–Crippen LogP) is 0.633. The van der Waals surface area contributed by atoms with Gasteiger partial charge in [0.2, 0.25) is 0 Å². The molecule has 0 bridgehead atoms. The van der Waals surface area contributed by atoms with Crippen molar-refractivity contribution in [3.63, 3.8) is 0 Å². The maximum Gasteiger partial charge on any atom is 0.330 e. The summed E-state index contributed by atoms with van der Waals surface area (Å²) in [5.74, 6) is 0.0908. The second kappa shape index (κ2) is 6.04. The summed E-state index contributed by atoms with van der Waals surface area (Å²) in [7, 11) is -6.59. The lowest BCUT2D eigenvalue weighted by Crippen LogP contribution is -2.29. The smallest absolute Gasteiger partial charge is 0.330 e. The molecule has 0 unspecified atom stereocenters. The van der Waals surface area contributed by atoms with Crippen molar-refractivity contribution in [3.05, 3.63) is 35.9 Å². The molecular formula is C13H21N3O3S2. The van der Waals surface area contributed by atoms with Crippen LogP contribution >= 0.6 is 0 Å². The Morgan fingerprint density at radius 1 is 1.19 bits per heavy atom. The number of nitrogens with zero attached hydrogens (tertiary/aromatic N) is 2. The Labute approximate surface area is 126 Å². The van der Waals surface area contributed by atoms with Gasteiger partial charge < -0.3 is 5.73 Å². The molecule has 1 heterocycles. The highest BCUT2D eigenvalue weighted by atomic mass is 32.3.